The van der Waals surface area contributed by atoms with Gasteiger partial charge in [0.25, 0.3) is 0 Å². The van der Waals surface area contributed by atoms with Crippen LogP contribution in [0.3, 0.4) is 0 Å². The van der Waals surface area contributed by atoms with E-state index in [0.29, 0.717) is 11.7 Å². The molecule has 3 heteroatoms. The van der Waals surface area contributed by atoms with E-state index in [-0.39, 0.29) is 0 Å². The summed E-state index contributed by atoms with van der Waals surface area (Å²) in [5.41, 5.74) is 0. The van der Waals surface area contributed by atoms with Gasteiger partial charge in [-0.1, -0.05) is 0 Å². The maximum absolute atomic E-state index is 9.83. The van der Waals surface area contributed by atoms with Crippen molar-refractivity contribution in [1.82, 2.24) is 0 Å². The Balaban J connectivity index is 1.84. The second-order valence-corrected chi connectivity index (χ2v) is 3.82. The highest BCUT2D eigenvalue weighted by Crippen LogP contribution is 2.27. The number of aliphatic hydroxyl groups excluding tert-OH is 1. The highest BCUT2D eigenvalue weighted by molar-refractivity contribution is 5.01. The van der Waals surface area contributed by atoms with Crippen LogP contribution in [0.5, 0.6) is 0 Å². The highest BCUT2D eigenvalue weighted by atomic mass is 16.5. The predicted octanol–water partition coefficient (Wildman–Crippen LogP) is 2.13. The monoisotopic (exact) mass is 196 g/mol. The fourth-order valence-electron chi connectivity index (χ4n) is 1.89. The van der Waals surface area contributed by atoms with Gasteiger partial charge in [-0.2, -0.15) is 0 Å². The zero-order valence-electron chi connectivity index (χ0n) is 8.19. The molecule has 0 amide bonds. The van der Waals surface area contributed by atoms with Crippen LogP contribution in [0.1, 0.15) is 31.1 Å². The second kappa shape index (κ2) is 4.62. The Kier molecular flexibility index (Phi) is 3.22. The third-order valence-electron chi connectivity index (χ3n) is 2.77. The van der Waals surface area contributed by atoms with Gasteiger partial charge in [-0.15, -0.1) is 0 Å². The van der Waals surface area contributed by atoms with Crippen molar-refractivity contribution >= 4 is 0 Å². The molecule has 1 aliphatic rings. The van der Waals surface area contributed by atoms with Gasteiger partial charge in [0.15, 0.2) is 0 Å². The summed E-state index contributed by atoms with van der Waals surface area (Å²) in [6, 6.07) is 3.63. The first-order valence-corrected chi connectivity index (χ1v) is 5.15. The summed E-state index contributed by atoms with van der Waals surface area (Å²) in [5.74, 6) is 1.25. The molecule has 2 rings (SSSR count). The molecule has 2 heterocycles. The van der Waals surface area contributed by atoms with Crippen LogP contribution in [0.15, 0.2) is 22.8 Å². The Morgan fingerprint density at radius 1 is 1.43 bits per heavy atom. The smallest absolute Gasteiger partial charge is 0.132 e. The summed E-state index contributed by atoms with van der Waals surface area (Å²) in [7, 11) is 0. The highest BCUT2D eigenvalue weighted by Gasteiger charge is 2.20. The Hall–Kier alpha value is -0.800. The molecule has 1 unspecified atom stereocenters. The molecule has 1 N–H and O–H groups in total. The van der Waals surface area contributed by atoms with E-state index in [0.717, 1.165) is 32.5 Å². The lowest BCUT2D eigenvalue weighted by atomic mass is 9.93. The molecular weight excluding hydrogens is 180 g/mol. The first-order chi connectivity index (χ1) is 6.86. The number of ether oxygens (including phenoxy) is 1. The lowest BCUT2D eigenvalue weighted by molar-refractivity contribution is 0.0388. The van der Waals surface area contributed by atoms with Crippen LogP contribution in [0, 0.1) is 5.92 Å². The van der Waals surface area contributed by atoms with E-state index in [1.807, 2.05) is 12.1 Å². The first kappa shape index (κ1) is 9.74. The zero-order valence-corrected chi connectivity index (χ0v) is 8.19. The van der Waals surface area contributed by atoms with Crippen molar-refractivity contribution in [3.8, 4) is 0 Å². The lowest BCUT2D eigenvalue weighted by Crippen LogP contribution is -2.17. The SMILES string of the molecule is OC(CC1CCOCC1)c1ccco1. The van der Waals surface area contributed by atoms with Crippen molar-refractivity contribution in [3.05, 3.63) is 24.2 Å². The molecule has 0 aliphatic carbocycles. The van der Waals surface area contributed by atoms with Gasteiger partial charge in [0.05, 0.1) is 6.26 Å². The van der Waals surface area contributed by atoms with Crippen LogP contribution < -0.4 is 0 Å². The van der Waals surface area contributed by atoms with Crippen molar-refractivity contribution < 1.29 is 14.3 Å². The molecule has 0 spiro atoms. The van der Waals surface area contributed by atoms with Crippen LogP contribution in [0.25, 0.3) is 0 Å². The van der Waals surface area contributed by atoms with Crippen LogP contribution in [0.2, 0.25) is 0 Å². The van der Waals surface area contributed by atoms with E-state index in [4.69, 9.17) is 9.15 Å². The minimum atomic E-state index is -0.451. The first-order valence-electron chi connectivity index (χ1n) is 5.15. The Bertz CT molecular complexity index is 250. The quantitative estimate of drug-likeness (QED) is 0.805. The largest absolute Gasteiger partial charge is 0.467 e. The van der Waals surface area contributed by atoms with Crippen molar-refractivity contribution in [3.63, 3.8) is 0 Å². The molecule has 14 heavy (non-hydrogen) atoms. The van der Waals surface area contributed by atoms with E-state index in [9.17, 15) is 5.11 Å². The maximum Gasteiger partial charge on any atom is 0.132 e. The van der Waals surface area contributed by atoms with Gasteiger partial charge >= 0.3 is 0 Å². The summed E-state index contributed by atoms with van der Waals surface area (Å²) in [6.45, 7) is 1.66. The van der Waals surface area contributed by atoms with Crippen molar-refractivity contribution in [2.75, 3.05) is 13.2 Å². The third kappa shape index (κ3) is 2.36. The van der Waals surface area contributed by atoms with Crippen LogP contribution >= 0.6 is 0 Å². The van der Waals surface area contributed by atoms with E-state index >= 15 is 0 Å². The topological polar surface area (TPSA) is 42.6 Å². The average Bonchev–Trinajstić information content (AvgIpc) is 2.72. The minimum absolute atomic E-state index is 0.451. The second-order valence-electron chi connectivity index (χ2n) is 3.82. The minimum Gasteiger partial charge on any atom is -0.467 e. The number of aliphatic hydroxyl groups is 1. The van der Waals surface area contributed by atoms with E-state index in [1.54, 1.807) is 6.26 Å². The van der Waals surface area contributed by atoms with Gasteiger partial charge < -0.3 is 14.3 Å². The molecule has 1 saturated heterocycles. The molecule has 0 bridgehead atoms. The third-order valence-corrected chi connectivity index (χ3v) is 2.77. The van der Waals surface area contributed by atoms with Crippen LogP contribution in [0.4, 0.5) is 0 Å². The zero-order chi connectivity index (χ0) is 9.80. The van der Waals surface area contributed by atoms with Crippen molar-refractivity contribution in [2.24, 2.45) is 5.92 Å². The Labute approximate surface area is 83.7 Å². The van der Waals surface area contributed by atoms with Gasteiger partial charge in [-0.3, -0.25) is 0 Å². The standard InChI is InChI=1S/C11H16O3/c12-10(11-2-1-5-14-11)8-9-3-6-13-7-4-9/h1-2,5,9-10,12H,3-4,6-8H2. The summed E-state index contributed by atoms with van der Waals surface area (Å²) < 4.78 is 10.4. The molecule has 1 aliphatic heterocycles. The van der Waals surface area contributed by atoms with Crippen molar-refractivity contribution in [1.29, 1.82) is 0 Å². The fraction of sp³-hybridized carbons (Fsp3) is 0.636. The molecule has 78 valence electrons. The van der Waals surface area contributed by atoms with E-state index in [2.05, 4.69) is 0 Å². The summed E-state index contributed by atoms with van der Waals surface area (Å²) >= 11 is 0. The maximum atomic E-state index is 9.83. The van der Waals surface area contributed by atoms with Gasteiger partial charge in [-0.05, 0) is 37.3 Å². The number of hydrogen-bond acceptors (Lipinski definition) is 3. The predicted molar refractivity (Wildman–Crippen MR) is 51.8 cm³/mol. The van der Waals surface area contributed by atoms with Gasteiger partial charge in [0.1, 0.15) is 11.9 Å². The van der Waals surface area contributed by atoms with Crippen LogP contribution in [-0.2, 0) is 4.74 Å². The number of rotatable bonds is 3. The van der Waals surface area contributed by atoms with Crippen LogP contribution in [-0.4, -0.2) is 18.3 Å². The molecule has 3 nitrogen and oxygen atoms in total. The number of furan rings is 1. The van der Waals surface area contributed by atoms with Gasteiger partial charge in [-0.25, -0.2) is 0 Å². The average molecular weight is 196 g/mol. The normalized spacial score (nSPS) is 20.9. The van der Waals surface area contributed by atoms with E-state index < -0.39 is 6.10 Å². The van der Waals surface area contributed by atoms with Gasteiger partial charge in [0.2, 0.25) is 0 Å². The Morgan fingerprint density at radius 3 is 2.86 bits per heavy atom. The lowest BCUT2D eigenvalue weighted by Gasteiger charge is -2.23. The molecular formula is C11H16O3. The summed E-state index contributed by atoms with van der Waals surface area (Å²) in [5, 5.41) is 9.83. The molecule has 1 atom stereocenters. The number of hydrogen-bond donors (Lipinski definition) is 1. The van der Waals surface area contributed by atoms with Gasteiger partial charge in [0, 0.05) is 13.2 Å². The molecule has 1 aromatic heterocycles. The molecule has 0 saturated carbocycles. The van der Waals surface area contributed by atoms with E-state index in [1.165, 1.54) is 0 Å². The molecule has 1 aromatic rings. The summed E-state index contributed by atoms with van der Waals surface area (Å²) in [6.07, 6.45) is 4.04. The molecule has 0 aromatic carbocycles. The molecule has 0 radical (unpaired) electrons. The van der Waals surface area contributed by atoms with Crippen molar-refractivity contribution in [2.45, 2.75) is 25.4 Å². The fourth-order valence-corrected chi connectivity index (χ4v) is 1.89. The summed E-state index contributed by atoms with van der Waals surface area (Å²) in [4.78, 5) is 0. The Morgan fingerprint density at radius 2 is 2.21 bits per heavy atom. The molecule has 1 fully saturated rings.